The summed E-state index contributed by atoms with van der Waals surface area (Å²) in [5, 5.41) is 0. The van der Waals surface area contributed by atoms with Crippen LogP contribution >= 0.6 is 0 Å². The molecule has 0 amide bonds. The molecule has 0 aliphatic rings. The normalized spacial score (nSPS) is 11.2. The van der Waals surface area contributed by atoms with Crippen molar-refractivity contribution in [2.24, 2.45) is 5.92 Å². The molecule has 0 aromatic carbocycles. The first-order chi connectivity index (χ1) is 7.59. The number of Topliss-reactive ketones (excluding diaryl/α,β-unsaturated/α-hetero) is 1. The molecule has 0 saturated carbocycles. The summed E-state index contributed by atoms with van der Waals surface area (Å²) >= 11 is 0. The van der Waals surface area contributed by atoms with Crippen molar-refractivity contribution in [1.29, 1.82) is 0 Å². The summed E-state index contributed by atoms with van der Waals surface area (Å²) in [5.74, 6) is -0.668. The third kappa shape index (κ3) is 1.76. The highest BCUT2D eigenvalue weighted by Gasteiger charge is 2.15. The van der Waals surface area contributed by atoms with Gasteiger partial charge in [0.05, 0.1) is 6.54 Å². The highest BCUT2D eigenvalue weighted by atomic mass is 16.4. The largest absolute Gasteiger partial charge is 0.421 e. The van der Waals surface area contributed by atoms with Crippen molar-refractivity contribution < 1.29 is 9.21 Å². The fraction of sp³-hybridized carbons (Fsp3) is 0.364. The summed E-state index contributed by atoms with van der Waals surface area (Å²) in [4.78, 5) is 27.1. The molecule has 16 heavy (non-hydrogen) atoms. The van der Waals surface area contributed by atoms with Crippen molar-refractivity contribution in [3.63, 3.8) is 0 Å². The van der Waals surface area contributed by atoms with Gasteiger partial charge in [-0.15, -0.1) is 0 Å². The first kappa shape index (κ1) is 10.6. The Hall–Kier alpha value is -1.91. The van der Waals surface area contributed by atoms with Crippen molar-refractivity contribution >= 4 is 17.0 Å². The van der Waals surface area contributed by atoms with Crippen LogP contribution in [0.4, 0.5) is 0 Å². The maximum atomic E-state index is 11.6. The Morgan fingerprint density at radius 3 is 3.00 bits per heavy atom. The van der Waals surface area contributed by atoms with Gasteiger partial charge in [0.1, 0.15) is 0 Å². The zero-order chi connectivity index (χ0) is 11.7. The quantitative estimate of drug-likeness (QED) is 0.780. The molecule has 0 N–H and O–H groups in total. The summed E-state index contributed by atoms with van der Waals surface area (Å²) in [7, 11) is 0. The average Bonchev–Trinajstić information content (AvgIpc) is 2.55. The molecule has 0 unspecified atom stereocenters. The maximum absolute atomic E-state index is 11.6. The Balaban J connectivity index is 2.48. The van der Waals surface area contributed by atoms with Crippen LogP contribution in [0.1, 0.15) is 13.8 Å². The smallest absolute Gasteiger partial charge is 0.406 e. The second-order valence-electron chi connectivity index (χ2n) is 3.90. The molecular formula is C11H12N2O3. The summed E-state index contributed by atoms with van der Waals surface area (Å²) in [5.41, 5.74) is 0.825. The van der Waals surface area contributed by atoms with Gasteiger partial charge >= 0.3 is 5.76 Å². The lowest BCUT2D eigenvalue weighted by molar-refractivity contribution is -0.122. The lowest BCUT2D eigenvalue weighted by atomic mass is 10.1. The summed E-state index contributed by atoms with van der Waals surface area (Å²) < 4.78 is 6.23. The van der Waals surface area contributed by atoms with Gasteiger partial charge in [0.15, 0.2) is 17.0 Å². The monoisotopic (exact) mass is 220 g/mol. The van der Waals surface area contributed by atoms with E-state index in [1.807, 2.05) is 0 Å². The molecule has 0 spiro atoms. The zero-order valence-corrected chi connectivity index (χ0v) is 9.14. The second-order valence-corrected chi connectivity index (χ2v) is 3.90. The molecule has 2 rings (SSSR count). The molecule has 0 aliphatic heterocycles. The van der Waals surface area contributed by atoms with E-state index in [2.05, 4.69) is 4.98 Å². The molecule has 2 heterocycles. The van der Waals surface area contributed by atoms with Gasteiger partial charge in [-0.3, -0.25) is 9.36 Å². The molecule has 0 atom stereocenters. The molecule has 0 fully saturated rings. The van der Waals surface area contributed by atoms with Gasteiger partial charge in [0.2, 0.25) is 0 Å². The fourth-order valence-electron chi connectivity index (χ4n) is 1.38. The van der Waals surface area contributed by atoms with Crippen LogP contribution in [-0.2, 0) is 11.3 Å². The van der Waals surface area contributed by atoms with Crippen molar-refractivity contribution in [2.45, 2.75) is 20.4 Å². The molecule has 2 aromatic rings. The molecule has 0 aliphatic carbocycles. The number of carbonyl (C=O) groups excluding carboxylic acids is 1. The Bertz CT molecular complexity index is 580. The van der Waals surface area contributed by atoms with E-state index in [1.54, 1.807) is 32.2 Å². The summed E-state index contributed by atoms with van der Waals surface area (Å²) in [6.45, 7) is 3.60. The van der Waals surface area contributed by atoms with Crippen LogP contribution in [0.5, 0.6) is 0 Å². The van der Waals surface area contributed by atoms with Crippen LogP contribution in [-0.4, -0.2) is 15.3 Å². The van der Waals surface area contributed by atoms with Crippen molar-refractivity contribution in [3.8, 4) is 0 Å². The van der Waals surface area contributed by atoms with Gasteiger partial charge in [-0.25, -0.2) is 9.78 Å². The lowest BCUT2D eigenvalue weighted by Crippen LogP contribution is -2.23. The van der Waals surface area contributed by atoms with Crippen molar-refractivity contribution in [1.82, 2.24) is 9.55 Å². The predicted molar refractivity (Wildman–Crippen MR) is 58.1 cm³/mol. The molecular weight excluding hydrogens is 208 g/mol. The molecule has 84 valence electrons. The number of oxazole rings is 1. The van der Waals surface area contributed by atoms with E-state index in [9.17, 15) is 9.59 Å². The van der Waals surface area contributed by atoms with Crippen LogP contribution in [0.2, 0.25) is 0 Å². The van der Waals surface area contributed by atoms with E-state index >= 15 is 0 Å². The van der Waals surface area contributed by atoms with Gasteiger partial charge < -0.3 is 4.42 Å². The Labute approximate surface area is 91.7 Å². The maximum Gasteiger partial charge on any atom is 0.421 e. The van der Waals surface area contributed by atoms with E-state index in [0.29, 0.717) is 11.2 Å². The minimum Gasteiger partial charge on any atom is -0.406 e. The Morgan fingerprint density at radius 1 is 1.56 bits per heavy atom. The molecule has 5 heteroatoms. The summed E-state index contributed by atoms with van der Waals surface area (Å²) in [6, 6.07) is 3.33. The predicted octanol–water partition coefficient (Wildman–Crippen LogP) is 1.21. The Kier molecular flexibility index (Phi) is 2.60. The number of carbonyl (C=O) groups is 1. The van der Waals surface area contributed by atoms with E-state index in [4.69, 9.17) is 4.42 Å². The lowest BCUT2D eigenvalue weighted by Gasteiger charge is -2.03. The van der Waals surface area contributed by atoms with Crippen molar-refractivity contribution in [3.05, 3.63) is 28.9 Å². The minimum absolute atomic E-state index is 0.0144. The number of pyridine rings is 1. The number of fused-ring (bicyclic) bond motifs is 1. The van der Waals surface area contributed by atoms with Crippen LogP contribution < -0.4 is 5.76 Å². The SMILES string of the molecule is CC(C)C(=O)Cn1c(=O)oc2cccnc21. The number of aromatic nitrogens is 2. The first-order valence-corrected chi connectivity index (χ1v) is 5.06. The van der Waals surface area contributed by atoms with Gasteiger partial charge in [0.25, 0.3) is 0 Å². The van der Waals surface area contributed by atoms with Gasteiger partial charge in [-0.1, -0.05) is 13.8 Å². The van der Waals surface area contributed by atoms with Crippen LogP contribution in [0, 0.1) is 5.92 Å². The third-order valence-electron chi connectivity index (χ3n) is 2.38. The van der Waals surface area contributed by atoms with Gasteiger partial charge in [-0.05, 0) is 12.1 Å². The number of hydrogen-bond acceptors (Lipinski definition) is 4. The van der Waals surface area contributed by atoms with Crippen LogP contribution in [0.3, 0.4) is 0 Å². The van der Waals surface area contributed by atoms with Crippen molar-refractivity contribution in [2.75, 3.05) is 0 Å². The molecule has 0 radical (unpaired) electrons. The molecule has 5 nitrogen and oxygen atoms in total. The molecule has 0 saturated heterocycles. The third-order valence-corrected chi connectivity index (χ3v) is 2.38. The number of hydrogen-bond donors (Lipinski definition) is 0. The Morgan fingerprint density at radius 2 is 2.31 bits per heavy atom. The number of nitrogens with zero attached hydrogens (tertiary/aromatic N) is 2. The van der Waals surface area contributed by atoms with E-state index < -0.39 is 5.76 Å². The average molecular weight is 220 g/mol. The van der Waals surface area contributed by atoms with Crippen LogP contribution in [0.15, 0.2) is 27.5 Å². The zero-order valence-electron chi connectivity index (χ0n) is 9.14. The van der Waals surface area contributed by atoms with Crippen LogP contribution in [0.25, 0.3) is 11.2 Å². The standard InChI is InChI=1S/C11H12N2O3/c1-7(2)8(14)6-13-10-9(16-11(13)15)4-3-5-12-10/h3-5,7H,6H2,1-2H3. The first-order valence-electron chi connectivity index (χ1n) is 5.06. The highest BCUT2D eigenvalue weighted by molar-refractivity contribution is 5.81. The highest BCUT2D eigenvalue weighted by Crippen LogP contribution is 2.09. The minimum atomic E-state index is -0.539. The second kappa shape index (κ2) is 3.92. The number of rotatable bonds is 3. The topological polar surface area (TPSA) is 65.1 Å². The van der Waals surface area contributed by atoms with Gasteiger partial charge in [-0.2, -0.15) is 0 Å². The van der Waals surface area contributed by atoms with E-state index in [1.165, 1.54) is 4.57 Å². The number of ketones is 1. The van der Waals surface area contributed by atoms with E-state index in [-0.39, 0.29) is 18.2 Å². The van der Waals surface area contributed by atoms with Gasteiger partial charge in [0, 0.05) is 12.1 Å². The fourth-order valence-corrected chi connectivity index (χ4v) is 1.38. The molecule has 2 aromatic heterocycles. The summed E-state index contributed by atoms with van der Waals surface area (Å²) in [6.07, 6.45) is 1.56. The molecule has 0 bridgehead atoms. The van der Waals surface area contributed by atoms with E-state index in [0.717, 1.165) is 0 Å².